The number of aliphatic carboxylic acids is 9. The van der Waals surface area contributed by atoms with Gasteiger partial charge in [-0.15, -0.1) is 0 Å². The van der Waals surface area contributed by atoms with Gasteiger partial charge in [0.15, 0.2) is 0 Å². The number of phenolic OH excluding ortho intramolecular Hbond substituents is 1. The number of benzene rings is 3. The van der Waals surface area contributed by atoms with Gasteiger partial charge in [-0.05, 0) is 80.0 Å². The maximum absolute atomic E-state index is 10.6. The van der Waals surface area contributed by atoms with Gasteiger partial charge in [0, 0.05) is 23.5 Å². The van der Waals surface area contributed by atoms with Gasteiger partial charge in [0.2, 0.25) is 5.91 Å². The lowest BCUT2D eigenvalue weighted by molar-refractivity contribution is -0.144. The number of carbonyl (C=O) groups is 10. The molecule has 9 atom stereocenters. The molecule has 4 aromatic rings. The molecule has 4 rings (SSSR count). The molecule has 30 N–H and O–H groups in total. The predicted octanol–water partition coefficient (Wildman–Crippen LogP) is -2.39. The number of amides is 1. The van der Waals surface area contributed by atoms with Gasteiger partial charge in [-0.1, -0.05) is 60.7 Å². The van der Waals surface area contributed by atoms with E-state index >= 15 is 0 Å². The Morgan fingerprint density at radius 2 is 0.877 bits per heavy atom. The van der Waals surface area contributed by atoms with E-state index in [2.05, 4.69) is 10.7 Å². The molecule has 1 aromatic heterocycles. The Bertz CT molecular complexity index is 2490. The van der Waals surface area contributed by atoms with E-state index < -0.39 is 120 Å². The largest absolute Gasteiger partial charge is 0.508 e. The van der Waals surface area contributed by atoms with Gasteiger partial charge < -0.3 is 113 Å². The molecule has 1 heterocycles. The van der Waals surface area contributed by atoms with E-state index in [1.807, 2.05) is 67.0 Å². The molecule has 0 bridgehead atoms. The molecule has 3 aromatic carbocycles. The number of nitrogens with two attached hydrogens (primary N) is 9. The zero-order valence-electron chi connectivity index (χ0n) is 44.3. The summed E-state index contributed by atoms with van der Waals surface area (Å²) < 4.78 is 0. The Labute approximate surface area is 468 Å². The number of aromatic hydroxyl groups is 1. The molecule has 454 valence electrons. The molecular weight excluding hydrogens is 1100 g/mol. The Morgan fingerprint density at radius 1 is 0.494 bits per heavy atom. The lowest BCUT2D eigenvalue weighted by Gasteiger charge is -2.06. The van der Waals surface area contributed by atoms with Crippen molar-refractivity contribution < 1.29 is 104 Å². The Hall–Kier alpha value is -8.31. The lowest BCUT2D eigenvalue weighted by Crippen LogP contribution is -2.39. The quantitative estimate of drug-likeness (QED) is 0.0390. The minimum Gasteiger partial charge on any atom is -0.508 e. The number of para-hydroxylation sites is 1. The summed E-state index contributed by atoms with van der Waals surface area (Å²) >= 11 is 1.60. The van der Waals surface area contributed by atoms with Crippen LogP contribution in [0.5, 0.6) is 5.75 Å². The normalized spacial score (nSPS) is 13.2. The smallest absolute Gasteiger partial charge is 0.323 e. The van der Waals surface area contributed by atoms with Crippen molar-refractivity contribution in [1.29, 1.82) is 0 Å². The highest BCUT2D eigenvalue weighted by Gasteiger charge is 2.18. The first-order valence-electron chi connectivity index (χ1n) is 23.3. The van der Waals surface area contributed by atoms with Gasteiger partial charge in [0.1, 0.15) is 54.1 Å². The molecule has 0 aliphatic rings. The van der Waals surface area contributed by atoms with Gasteiger partial charge in [-0.2, -0.15) is 11.8 Å². The van der Waals surface area contributed by atoms with Crippen LogP contribution in [0.15, 0.2) is 85.1 Å². The van der Waals surface area contributed by atoms with E-state index in [-0.39, 0.29) is 18.6 Å². The number of aliphatic hydroxyl groups excluding tert-OH is 1. The molecule has 0 fully saturated rings. The van der Waals surface area contributed by atoms with Crippen molar-refractivity contribution in [3.05, 3.63) is 102 Å². The third-order valence-corrected chi connectivity index (χ3v) is 10.00. The van der Waals surface area contributed by atoms with Crippen molar-refractivity contribution in [1.82, 2.24) is 4.98 Å². The summed E-state index contributed by atoms with van der Waals surface area (Å²) in [5.41, 5.74) is 49.2. The number of carboxylic acids is 9. The number of carboxylic acid groups (broad SMARTS) is 9. The van der Waals surface area contributed by atoms with Crippen molar-refractivity contribution >= 4 is 82.3 Å². The molecule has 81 heavy (non-hydrogen) atoms. The van der Waals surface area contributed by atoms with Crippen LogP contribution in [0.3, 0.4) is 0 Å². The van der Waals surface area contributed by atoms with Gasteiger partial charge in [0.05, 0.1) is 18.9 Å². The van der Waals surface area contributed by atoms with Crippen LogP contribution in [0, 0.1) is 0 Å². The topological polar surface area (TPSA) is 643 Å². The lowest BCUT2D eigenvalue weighted by atomic mass is 10.1. The van der Waals surface area contributed by atoms with Crippen LogP contribution in [0.2, 0.25) is 0 Å². The first-order chi connectivity index (χ1) is 37.4. The number of aromatic amines is 1. The molecule has 32 heteroatoms. The van der Waals surface area contributed by atoms with Crippen LogP contribution in [0.1, 0.15) is 49.8 Å². The van der Waals surface area contributed by atoms with Crippen LogP contribution in [0.4, 0.5) is 0 Å². The number of phenols is 1. The first-order valence-corrected chi connectivity index (χ1v) is 24.7. The number of hydrogen-bond donors (Lipinski definition) is 21. The van der Waals surface area contributed by atoms with Crippen molar-refractivity contribution in [2.45, 2.75) is 107 Å². The summed E-state index contributed by atoms with van der Waals surface area (Å²) in [5, 5.41) is 92.6. The molecule has 0 unspecified atom stereocenters. The van der Waals surface area contributed by atoms with Crippen LogP contribution in [-0.2, 0) is 67.2 Å². The summed E-state index contributed by atoms with van der Waals surface area (Å²) in [6.45, 7) is 2.75. The number of nitrogens with one attached hydrogen (secondary N) is 1. The van der Waals surface area contributed by atoms with Crippen molar-refractivity contribution in [2.24, 2.45) is 51.6 Å². The summed E-state index contributed by atoms with van der Waals surface area (Å²) in [6, 6.07) is 15.9. The van der Waals surface area contributed by atoms with Gasteiger partial charge in [0.25, 0.3) is 0 Å². The molecule has 31 nitrogen and oxygen atoms in total. The number of H-pyrrole nitrogens is 1. The number of aliphatic hydroxyl groups is 1. The number of rotatable bonds is 22. The predicted molar refractivity (Wildman–Crippen MR) is 295 cm³/mol. The average molecular weight is 1170 g/mol. The molecule has 0 spiro atoms. The number of hydrogen-bond acceptors (Lipinski definition) is 21. The second-order valence-electron chi connectivity index (χ2n) is 16.6. The zero-order valence-corrected chi connectivity index (χ0v) is 45.2. The minimum atomic E-state index is -1.29. The maximum atomic E-state index is 10.6. The Kier molecular flexibility index (Phi) is 43.5. The maximum Gasteiger partial charge on any atom is 0.323 e. The van der Waals surface area contributed by atoms with E-state index in [4.69, 9.17) is 102 Å². The van der Waals surface area contributed by atoms with Crippen molar-refractivity contribution in [2.75, 3.05) is 12.0 Å². The number of fused-ring (bicyclic) bond motifs is 1. The number of primary amides is 1. The molecule has 0 aliphatic carbocycles. The second-order valence-corrected chi connectivity index (χ2v) is 17.6. The molecule has 0 aliphatic heterocycles. The number of thioether (sulfide) groups is 1. The van der Waals surface area contributed by atoms with Crippen LogP contribution in [0.25, 0.3) is 10.9 Å². The third kappa shape index (κ3) is 43.3. The fourth-order valence-corrected chi connectivity index (χ4v) is 5.20. The third-order valence-electron chi connectivity index (χ3n) is 9.35. The average Bonchev–Trinajstić information content (AvgIpc) is 3.79. The number of aromatic nitrogens is 1. The summed E-state index contributed by atoms with van der Waals surface area (Å²) in [7, 11) is 0. The molecule has 1 amide bonds. The van der Waals surface area contributed by atoms with E-state index in [1.165, 1.54) is 26.0 Å². The van der Waals surface area contributed by atoms with E-state index in [1.54, 1.807) is 23.9 Å². The summed E-state index contributed by atoms with van der Waals surface area (Å²) in [4.78, 5) is 103. The summed E-state index contributed by atoms with van der Waals surface area (Å²) in [5.74, 6) is -9.45. The SMILES string of the molecule is CSCC[C@H](N)C(=O)O.C[C@@H](O)[C@H](N)C(=O)O.C[C@H](N)C(=O)O.NC(=O)C[C@H](N)C(=O)O.N[C@@H](CC(=O)O)C(=O)O.N[C@@H](Cc1c[nH]c2ccccc12)C(=O)O.N[C@@H](Cc1ccc(O)cc1)C(=O)O.N[C@@H](Cc1ccccc1)C(=O)O. The molecule has 0 saturated carbocycles. The summed E-state index contributed by atoms with van der Waals surface area (Å²) in [6.07, 6.45) is 3.47. The van der Waals surface area contributed by atoms with Crippen molar-refractivity contribution in [3.8, 4) is 5.75 Å². The number of carbonyl (C=O) groups excluding carboxylic acids is 1. The monoisotopic (exact) mass is 1170 g/mol. The van der Waals surface area contributed by atoms with Crippen LogP contribution in [-0.4, -0.2) is 187 Å². The van der Waals surface area contributed by atoms with E-state index in [9.17, 15) is 47.9 Å². The second kappa shape index (κ2) is 44.5. The highest BCUT2D eigenvalue weighted by atomic mass is 32.2. The highest BCUT2D eigenvalue weighted by molar-refractivity contribution is 7.98. The van der Waals surface area contributed by atoms with Crippen LogP contribution >= 0.6 is 11.8 Å². The molecule has 0 saturated heterocycles. The van der Waals surface area contributed by atoms with Crippen molar-refractivity contribution in [3.63, 3.8) is 0 Å². The minimum absolute atomic E-state index is 0.160. The zero-order chi connectivity index (χ0) is 63.7. The van der Waals surface area contributed by atoms with Gasteiger partial charge >= 0.3 is 53.7 Å². The fourth-order valence-electron chi connectivity index (χ4n) is 4.71. The van der Waals surface area contributed by atoms with Gasteiger partial charge in [-0.3, -0.25) is 47.9 Å². The Morgan fingerprint density at radius 3 is 1.20 bits per heavy atom. The standard InChI is InChI=1S/C11H12N2O2.C9H11NO3.C9H11NO2.C5H11NO2S.C4H8N2O3.C4H7NO4.C4H9NO3.C3H7NO2/c12-9(11(14)15)5-7-6-13-10-4-2-1-3-8(7)10;10-8(9(12)13)5-6-1-3-7(11)4-2-6;10-8(9(11)12)6-7-4-2-1-3-5-7;1-9-3-2-4(6)5(7)8;2*5-2(4(8)9)1-3(6)7;1-2(6)3(5)4(7)8;1-2(4)3(5)6/h1-4,6,9,13H,5,12H2,(H,14,15);1-4,8,11H,5,10H2,(H,12,13);1-5,8H,6,10H2,(H,11,12);4H,2-3,6H2,1H3,(H,7,8);2H,1,5H2,(H2,6,7)(H,8,9);2H,1,5H2,(H,6,7)(H,8,9);2-3,6H,5H2,1H3,(H,7,8);2H,4H2,1H3,(H,5,6)/t9-;2*8-;4-;2*2-;2-,3+;2-/m00000010/s1. The Balaban J connectivity index is -0.000000425. The molecule has 0 radical (unpaired) electrons. The first kappa shape index (κ1) is 79.2. The van der Waals surface area contributed by atoms with Crippen LogP contribution < -0.4 is 51.6 Å². The van der Waals surface area contributed by atoms with Gasteiger partial charge in [-0.25, -0.2) is 0 Å². The molecular formula is C49H76N10O21S. The fraction of sp³-hybridized carbons (Fsp3) is 0.388. The van der Waals surface area contributed by atoms with E-state index in [0.717, 1.165) is 33.3 Å². The van der Waals surface area contributed by atoms with E-state index in [0.29, 0.717) is 19.3 Å². The highest BCUT2D eigenvalue weighted by Crippen LogP contribution is 2.18.